The van der Waals surface area contributed by atoms with Crippen molar-refractivity contribution in [2.45, 2.75) is 19.0 Å². The van der Waals surface area contributed by atoms with Crippen molar-refractivity contribution in [2.24, 2.45) is 0 Å². The van der Waals surface area contributed by atoms with E-state index in [2.05, 4.69) is 20.7 Å². The molecule has 0 radical (unpaired) electrons. The van der Waals surface area contributed by atoms with E-state index in [1.165, 1.54) is 18.2 Å². The number of halogens is 4. The summed E-state index contributed by atoms with van der Waals surface area (Å²) < 4.78 is 61.9. The number of nitrogens with one attached hydrogen (secondary N) is 1. The first-order valence-corrected chi connectivity index (χ1v) is 7.84. The molecular formula is C11H10BrF3N2O2S. The number of benzene rings is 1. The molecular weight excluding hydrogens is 361 g/mol. The molecule has 4 nitrogen and oxygen atoms in total. The van der Waals surface area contributed by atoms with Crippen LogP contribution in [0, 0.1) is 11.3 Å². The van der Waals surface area contributed by atoms with Crippen LogP contribution in [0.2, 0.25) is 0 Å². The number of hydrogen-bond acceptors (Lipinski definition) is 3. The van der Waals surface area contributed by atoms with E-state index in [1.54, 1.807) is 6.07 Å². The SMILES string of the molecule is N#Cc1cc(Br)ccc1NS(=O)(=O)CCCC(F)(F)F. The van der Waals surface area contributed by atoms with Gasteiger partial charge in [0, 0.05) is 10.9 Å². The van der Waals surface area contributed by atoms with E-state index in [1.807, 2.05) is 0 Å². The third-order valence-corrected chi connectivity index (χ3v) is 4.09. The van der Waals surface area contributed by atoms with Gasteiger partial charge in [-0.05, 0) is 24.6 Å². The summed E-state index contributed by atoms with van der Waals surface area (Å²) in [6, 6.07) is 6.10. The Kier molecular flexibility index (Phi) is 5.42. The van der Waals surface area contributed by atoms with Crippen molar-refractivity contribution in [1.29, 1.82) is 5.26 Å². The molecule has 0 unspecified atom stereocenters. The molecule has 0 aliphatic rings. The normalized spacial score (nSPS) is 11.9. The van der Waals surface area contributed by atoms with Crippen LogP contribution in [-0.2, 0) is 10.0 Å². The molecule has 0 heterocycles. The zero-order valence-electron chi connectivity index (χ0n) is 10.0. The molecule has 0 saturated carbocycles. The summed E-state index contributed by atoms with van der Waals surface area (Å²) in [5.41, 5.74) is 0.126. The summed E-state index contributed by atoms with van der Waals surface area (Å²) >= 11 is 3.13. The predicted octanol–water partition coefficient (Wildman–Crippen LogP) is 3.40. The van der Waals surface area contributed by atoms with Crippen LogP contribution in [0.1, 0.15) is 18.4 Å². The van der Waals surface area contributed by atoms with Gasteiger partial charge in [-0.15, -0.1) is 0 Å². The molecule has 1 aromatic rings. The highest BCUT2D eigenvalue weighted by Crippen LogP contribution is 2.23. The van der Waals surface area contributed by atoms with Crippen LogP contribution >= 0.6 is 15.9 Å². The minimum atomic E-state index is -4.38. The van der Waals surface area contributed by atoms with Gasteiger partial charge in [-0.2, -0.15) is 18.4 Å². The lowest BCUT2D eigenvalue weighted by Gasteiger charge is -2.10. The minimum absolute atomic E-state index is 0.0442. The van der Waals surface area contributed by atoms with E-state index in [-0.39, 0.29) is 11.3 Å². The fourth-order valence-corrected chi connectivity index (χ4v) is 2.88. The molecule has 0 bridgehead atoms. The summed E-state index contributed by atoms with van der Waals surface area (Å²) in [6.07, 6.45) is -6.08. The first-order valence-electron chi connectivity index (χ1n) is 5.40. The number of nitrogens with zero attached hydrogens (tertiary/aromatic N) is 1. The first-order chi connectivity index (χ1) is 9.13. The Morgan fingerprint density at radius 1 is 1.35 bits per heavy atom. The van der Waals surface area contributed by atoms with Crippen molar-refractivity contribution >= 4 is 31.6 Å². The Bertz CT molecular complexity index is 624. The largest absolute Gasteiger partial charge is 0.389 e. The van der Waals surface area contributed by atoms with E-state index >= 15 is 0 Å². The van der Waals surface area contributed by atoms with Crippen LogP contribution in [-0.4, -0.2) is 20.3 Å². The second-order valence-electron chi connectivity index (χ2n) is 3.94. The van der Waals surface area contributed by atoms with Gasteiger partial charge >= 0.3 is 6.18 Å². The van der Waals surface area contributed by atoms with Gasteiger partial charge in [-0.3, -0.25) is 4.72 Å². The second-order valence-corrected chi connectivity index (χ2v) is 6.70. The lowest BCUT2D eigenvalue weighted by atomic mass is 10.2. The quantitative estimate of drug-likeness (QED) is 0.863. The predicted molar refractivity (Wildman–Crippen MR) is 71.6 cm³/mol. The summed E-state index contributed by atoms with van der Waals surface area (Å²) in [7, 11) is -3.92. The van der Waals surface area contributed by atoms with Crippen molar-refractivity contribution in [3.05, 3.63) is 28.2 Å². The summed E-state index contributed by atoms with van der Waals surface area (Å²) in [4.78, 5) is 0. The third-order valence-electron chi connectivity index (χ3n) is 2.24. The molecule has 0 aromatic heterocycles. The smallest absolute Gasteiger partial charge is 0.282 e. The van der Waals surface area contributed by atoms with Crippen molar-refractivity contribution < 1.29 is 21.6 Å². The zero-order valence-corrected chi connectivity index (χ0v) is 12.4. The number of alkyl halides is 3. The van der Waals surface area contributed by atoms with Crippen LogP contribution in [0.15, 0.2) is 22.7 Å². The summed E-state index contributed by atoms with van der Waals surface area (Å²) in [6.45, 7) is 0. The first kappa shape index (κ1) is 16.8. The van der Waals surface area contributed by atoms with E-state index in [0.717, 1.165) is 0 Å². The number of hydrogen-bond donors (Lipinski definition) is 1. The molecule has 0 aliphatic heterocycles. The van der Waals surface area contributed by atoms with Crippen LogP contribution in [0.5, 0.6) is 0 Å². The van der Waals surface area contributed by atoms with E-state index in [0.29, 0.717) is 4.47 Å². The Morgan fingerprint density at radius 2 is 2.00 bits per heavy atom. The lowest BCUT2D eigenvalue weighted by molar-refractivity contribution is -0.134. The van der Waals surface area contributed by atoms with Crippen molar-refractivity contribution in [2.75, 3.05) is 10.5 Å². The topological polar surface area (TPSA) is 70.0 Å². The number of sulfonamides is 1. The highest BCUT2D eigenvalue weighted by Gasteiger charge is 2.27. The molecule has 20 heavy (non-hydrogen) atoms. The Morgan fingerprint density at radius 3 is 2.55 bits per heavy atom. The summed E-state index contributed by atoms with van der Waals surface area (Å²) in [5, 5.41) is 8.87. The van der Waals surface area contributed by atoms with Gasteiger partial charge in [0.05, 0.1) is 17.0 Å². The highest BCUT2D eigenvalue weighted by molar-refractivity contribution is 9.10. The monoisotopic (exact) mass is 370 g/mol. The minimum Gasteiger partial charge on any atom is -0.282 e. The Hall–Kier alpha value is -1.27. The fraction of sp³-hybridized carbons (Fsp3) is 0.364. The van der Waals surface area contributed by atoms with E-state index < -0.39 is 34.8 Å². The van der Waals surface area contributed by atoms with Crippen LogP contribution in [0.3, 0.4) is 0 Å². The summed E-state index contributed by atoms with van der Waals surface area (Å²) in [5.74, 6) is -0.659. The van der Waals surface area contributed by atoms with Gasteiger partial charge in [-0.1, -0.05) is 15.9 Å². The average Bonchev–Trinajstić information content (AvgIpc) is 2.29. The highest BCUT2D eigenvalue weighted by atomic mass is 79.9. The van der Waals surface area contributed by atoms with Crippen LogP contribution in [0.25, 0.3) is 0 Å². The maximum Gasteiger partial charge on any atom is 0.389 e. The fourth-order valence-electron chi connectivity index (χ4n) is 1.38. The van der Waals surface area contributed by atoms with Crippen LogP contribution < -0.4 is 4.72 Å². The average molecular weight is 371 g/mol. The molecule has 0 fully saturated rings. The maximum absolute atomic E-state index is 12.0. The molecule has 0 atom stereocenters. The van der Waals surface area contributed by atoms with Crippen molar-refractivity contribution in [1.82, 2.24) is 0 Å². The molecule has 0 spiro atoms. The zero-order chi connectivity index (χ0) is 15.4. The van der Waals surface area contributed by atoms with Crippen molar-refractivity contribution in [3.63, 3.8) is 0 Å². The number of rotatable bonds is 5. The Balaban J connectivity index is 2.75. The molecule has 1 rings (SSSR count). The third kappa shape index (κ3) is 5.79. The molecule has 9 heteroatoms. The van der Waals surface area contributed by atoms with Gasteiger partial charge in [0.15, 0.2) is 0 Å². The molecule has 1 aromatic carbocycles. The van der Waals surface area contributed by atoms with Gasteiger partial charge in [-0.25, -0.2) is 8.42 Å². The second kappa shape index (κ2) is 6.45. The molecule has 0 aliphatic carbocycles. The number of anilines is 1. The Labute approximate surface area is 122 Å². The van der Waals surface area contributed by atoms with Crippen LogP contribution in [0.4, 0.5) is 18.9 Å². The maximum atomic E-state index is 12.0. The van der Waals surface area contributed by atoms with Gasteiger partial charge in [0.2, 0.25) is 10.0 Å². The van der Waals surface area contributed by atoms with Gasteiger partial charge < -0.3 is 0 Å². The lowest BCUT2D eigenvalue weighted by Crippen LogP contribution is -2.19. The number of nitriles is 1. The van der Waals surface area contributed by atoms with E-state index in [9.17, 15) is 21.6 Å². The van der Waals surface area contributed by atoms with Gasteiger partial charge in [0.1, 0.15) is 6.07 Å². The standard InChI is InChI=1S/C11H10BrF3N2O2S/c12-9-2-3-10(8(6-9)7-16)17-20(18,19)5-1-4-11(13,14)15/h2-3,6,17H,1,4-5H2. The van der Waals surface area contributed by atoms with Crippen molar-refractivity contribution in [3.8, 4) is 6.07 Å². The molecule has 1 N–H and O–H groups in total. The van der Waals surface area contributed by atoms with E-state index in [4.69, 9.17) is 5.26 Å². The molecule has 0 saturated heterocycles. The molecule has 0 amide bonds. The van der Waals surface area contributed by atoms with Gasteiger partial charge in [0.25, 0.3) is 0 Å². The molecule has 110 valence electrons.